The molecule has 3 N–H and O–H groups in total. The van der Waals surface area contributed by atoms with Crippen LogP contribution in [0.25, 0.3) is 0 Å². The molecule has 2 rings (SSSR count). The Kier molecular flexibility index (Phi) is 3.93. The number of carbonyl (C=O) groups excluding carboxylic acids is 2. The van der Waals surface area contributed by atoms with Gasteiger partial charge < -0.3 is 15.7 Å². The zero-order valence-electron chi connectivity index (χ0n) is 9.70. The Morgan fingerprint density at radius 3 is 2.76 bits per heavy atom. The van der Waals surface area contributed by atoms with Crippen molar-refractivity contribution in [3.8, 4) is 0 Å². The van der Waals surface area contributed by atoms with Crippen molar-refractivity contribution >= 4 is 22.9 Å². The number of rotatable bonds is 3. The van der Waals surface area contributed by atoms with Crippen LogP contribution in [0, 0.1) is 0 Å². The number of hydrogen-bond acceptors (Lipinski definition) is 4. The summed E-state index contributed by atoms with van der Waals surface area (Å²) in [6, 6.07) is -0.445. The Morgan fingerprint density at radius 1 is 1.47 bits per heavy atom. The van der Waals surface area contributed by atoms with Gasteiger partial charge in [-0.25, -0.2) is 0 Å². The van der Waals surface area contributed by atoms with Gasteiger partial charge in [0.25, 0.3) is 5.24 Å². The van der Waals surface area contributed by atoms with E-state index in [1.165, 1.54) is 0 Å². The minimum absolute atomic E-state index is 0.151. The van der Waals surface area contributed by atoms with E-state index in [-0.39, 0.29) is 11.1 Å². The quantitative estimate of drug-likeness (QED) is 0.693. The number of amides is 2. The van der Waals surface area contributed by atoms with Gasteiger partial charge in [0.1, 0.15) is 6.04 Å². The fourth-order valence-electron chi connectivity index (χ4n) is 2.29. The second kappa shape index (κ2) is 5.27. The predicted octanol–water partition coefficient (Wildman–Crippen LogP) is 0.623. The van der Waals surface area contributed by atoms with Gasteiger partial charge in [0.2, 0.25) is 5.91 Å². The Morgan fingerprint density at radius 2 is 2.18 bits per heavy atom. The van der Waals surface area contributed by atoms with Gasteiger partial charge in [-0.1, -0.05) is 31.0 Å². The molecule has 1 atom stereocenters. The van der Waals surface area contributed by atoms with E-state index in [2.05, 4.69) is 10.6 Å². The number of carbonyl (C=O) groups is 2. The molecule has 6 heteroatoms. The molecule has 1 saturated heterocycles. The van der Waals surface area contributed by atoms with E-state index in [4.69, 9.17) is 0 Å². The van der Waals surface area contributed by atoms with Crippen LogP contribution >= 0.6 is 11.8 Å². The summed E-state index contributed by atoms with van der Waals surface area (Å²) in [7, 11) is 0. The van der Waals surface area contributed by atoms with Gasteiger partial charge in [0.15, 0.2) is 0 Å². The summed E-state index contributed by atoms with van der Waals surface area (Å²) >= 11 is 1.12. The molecular formula is C11H18N2O3S. The molecule has 1 saturated carbocycles. The maximum absolute atomic E-state index is 11.7. The Hall–Kier alpha value is -0.750. The summed E-state index contributed by atoms with van der Waals surface area (Å²) in [6.45, 7) is 0.295. The van der Waals surface area contributed by atoms with Crippen LogP contribution in [0.3, 0.4) is 0 Å². The fraction of sp³-hybridized carbons (Fsp3) is 0.818. The van der Waals surface area contributed by atoms with Crippen LogP contribution in [-0.2, 0) is 4.79 Å². The number of hydrogen-bond donors (Lipinski definition) is 3. The SMILES string of the molecule is O=C1NC(C(=O)NCC2(O)CCCCC2)CS1. The van der Waals surface area contributed by atoms with Crippen LogP contribution < -0.4 is 10.6 Å². The van der Waals surface area contributed by atoms with Crippen molar-refractivity contribution in [1.29, 1.82) is 0 Å². The van der Waals surface area contributed by atoms with Crippen molar-refractivity contribution in [2.75, 3.05) is 12.3 Å². The van der Waals surface area contributed by atoms with Crippen LogP contribution in [-0.4, -0.2) is 40.2 Å². The van der Waals surface area contributed by atoms with Crippen LogP contribution in [0.2, 0.25) is 0 Å². The van der Waals surface area contributed by atoms with Crippen LogP contribution in [0.5, 0.6) is 0 Å². The van der Waals surface area contributed by atoms with Crippen molar-refractivity contribution in [2.45, 2.75) is 43.7 Å². The molecule has 0 aromatic rings. The van der Waals surface area contributed by atoms with E-state index in [9.17, 15) is 14.7 Å². The molecule has 1 aliphatic carbocycles. The summed E-state index contributed by atoms with van der Waals surface area (Å²) in [6.07, 6.45) is 4.69. The molecule has 0 aromatic carbocycles. The van der Waals surface area contributed by atoms with Crippen molar-refractivity contribution < 1.29 is 14.7 Å². The van der Waals surface area contributed by atoms with E-state index in [0.29, 0.717) is 12.3 Å². The number of nitrogens with one attached hydrogen (secondary N) is 2. The third-order valence-electron chi connectivity index (χ3n) is 3.37. The lowest BCUT2D eigenvalue weighted by atomic mass is 9.85. The molecule has 2 fully saturated rings. The standard InChI is InChI=1S/C11H18N2O3S/c14-9(8-6-17-10(15)13-8)12-7-11(16)4-2-1-3-5-11/h8,16H,1-7H2,(H,12,14)(H,13,15). The normalized spacial score (nSPS) is 27.6. The van der Waals surface area contributed by atoms with Gasteiger partial charge in [-0.2, -0.15) is 0 Å². The van der Waals surface area contributed by atoms with Gasteiger partial charge in [-0.3, -0.25) is 9.59 Å². The maximum Gasteiger partial charge on any atom is 0.279 e. The smallest absolute Gasteiger partial charge is 0.279 e. The Balaban J connectivity index is 1.77. The third kappa shape index (κ3) is 3.35. The number of thioether (sulfide) groups is 1. The zero-order valence-corrected chi connectivity index (χ0v) is 10.5. The highest BCUT2D eigenvalue weighted by atomic mass is 32.2. The van der Waals surface area contributed by atoms with E-state index < -0.39 is 11.6 Å². The van der Waals surface area contributed by atoms with E-state index in [1.54, 1.807) is 0 Å². The van der Waals surface area contributed by atoms with Crippen molar-refractivity contribution in [1.82, 2.24) is 10.6 Å². The summed E-state index contributed by atoms with van der Waals surface area (Å²) in [5.41, 5.74) is -0.746. The molecule has 0 bridgehead atoms. The highest BCUT2D eigenvalue weighted by Crippen LogP contribution is 2.27. The first kappa shape index (κ1) is 12.7. The maximum atomic E-state index is 11.7. The minimum atomic E-state index is -0.746. The summed E-state index contributed by atoms with van der Waals surface area (Å²) in [4.78, 5) is 22.7. The second-order valence-corrected chi connectivity index (χ2v) is 5.79. The lowest BCUT2D eigenvalue weighted by molar-refractivity contribution is -0.123. The van der Waals surface area contributed by atoms with Crippen molar-refractivity contribution in [3.63, 3.8) is 0 Å². The molecule has 96 valence electrons. The summed E-state index contributed by atoms with van der Waals surface area (Å²) < 4.78 is 0. The lowest BCUT2D eigenvalue weighted by Crippen LogP contribution is -2.49. The molecular weight excluding hydrogens is 240 g/mol. The first-order valence-electron chi connectivity index (χ1n) is 6.02. The molecule has 2 amide bonds. The lowest BCUT2D eigenvalue weighted by Gasteiger charge is -2.32. The molecule has 2 aliphatic rings. The van der Waals surface area contributed by atoms with Gasteiger partial charge in [0, 0.05) is 12.3 Å². The fourth-order valence-corrected chi connectivity index (χ4v) is 3.07. The van der Waals surface area contributed by atoms with Crippen LogP contribution in [0.1, 0.15) is 32.1 Å². The van der Waals surface area contributed by atoms with E-state index in [1.807, 2.05) is 0 Å². The van der Waals surface area contributed by atoms with E-state index in [0.717, 1.165) is 43.9 Å². The third-order valence-corrected chi connectivity index (χ3v) is 4.25. The van der Waals surface area contributed by atoms with Crippen LogP contribution in [0.15, 0.2) is 0 Å². The van der Waals surface area contributed by atoms with Crippen LogP contribution in [0.4, 0.5) is 4.79 Å². The monoisotopic (exact) mass is 258 g/mol. The zero-order chi connectivity index (χ0) is 12.3. The largest absolute Gasteiger partial charge is 0.388 e. The topological polar surface area (TPSA) is 78.4 Å². The van der Waals surface area contributed by atoms with Gasteiger partial charge >= 0.3 is 0 Å². The van der Waals surface area contributed by atoms with Gasteiger partial charge in [-0.05, 0) is 12.8 Å². The molecule has 17 heavy (non-hydrogen) atoms. The number of aliphatic hydroxyl groups is 1. The summed E-state index contributed by atoms with van der Waals surface area (Å²) in [5, 5.41) is 15.4. The van der Waals surface area contributed by atoms with Gasteiger partial charge in [-0.15, -0.1) is 0 Å². The molecule has 0 radical (unpaired) electrons. The second-order valence-electron chi connectivity index (χ2n) is 4.80. The Labute approximate surface area is 105 Å². The average molecular weight is 258 g/mol. The minimum Gasteiger partial charge on any atom is -0.388 e. The first-order valence-corrected chi connectivity index (χ1v) is 7.01. The van der Waals surface area contributed by atoms with Gasteiger partial charge in [0.05, 0.1) is 5.60 Å². The molecule has 0 aromatic heterocycles. The molecule has 1 aliphatic heterocycles. The van der Waals surface area contributed by atoms with Crippen molar-refractivity contribution in [3.05, 3.63) is 0 Å². The highest BCUT2D eigenvalue weighted by Gasteiger charge is 2.32. The molecule has 5 nitrogen and oxygen atoms in total. The molecule has 0 spiro atoms. The predicted molar refractivity (Wildman–Crippen MR) is 65.8 cm³/mol. The Bertz CT molecular complexity index is 316. The highest BCUT2D eigenvalue weighted by molar-refractivity contribution is 8.14. The molecule has 1 heterocycles. The molecule has 1 unspecified atom stereocenters. The first-order chi connectivity index (χ1) is 8.09. The average Bonchev–Trinajstić information content (AvgIpc) is 2.74. The van der Waals surface area contributed by atoms with E-state index >= 15 is 0 Å². The summed E-state index contributed by atoms with van der Waals surface area (Å²) in [5.74, 6) is 0.283. The van der Waals surface area contributed by atoms with Crippen molar-refractivity contribution in [2.24, 2.45) is 0 Å².